The van der Waals surface area contributed by atoms with E-state index in [0.29, 0.717) is 23.5 Å². The van der Waals surface area contributed by atoms with Crippen LogP contribution in [0.1, 0.15) is 16.8 Å². The minimum atomic E-state index is -0.923. The lowest BCUT2D eigenvalue weighted by Crippen LogP contribution is -2.26. The third kappa shape index (κ3) is 2.83. The lowest BCUT2D eigenvalue weighted by Gasteiger charge is -2.18. The van der Waals surface area contributed by atoms with E-state index in [1.165, 1.54) is 18.3 Å². The monoisotopic (exact) mass is 351 g/mol. The van der Waals surface area contributed by atoms with Crippen LogP contribution in [-0.2, 0) is 17.8 Å². The average molecular weight is 351 g/mol. The third-order valence-electron chi connectivity index (χ3n) is 4.39. The van der Waals surface area contributed by atoms with Crippen LogP contribution >= 0.6 is 0 Å². The Morgan fingerprint density at radius 2 is 2.00 bits per heavy atom. The number of aryl methyl sites for hydroxylation is 1. The van der Waals surface area contributed by atoms with Gasteiger partial charge in [0.15, 0.2) is 11.6 Å². The molecule has 1 aromatic carbocycles. The number of aromatic nitrogens is 2. The highest BCUT2D eigenvalue weighted by Gasteiger charge is 2.29. The predicted octanol–water partition coefficient (Wildman–Crippen LogP) is 3.82. The van der Waals surface area contributed by atoms with E-state index in [-0.39, 0.29) is 17.9 Å². The SMILES string of the molecule is Cc1cncc(CN2C(=O)Cc3ncc(-c4cccc(F)c4F)cc32)c1. The number of pyridine rings is 2. The molecular formula is C20H15F2N3O. The van der Waals surface area contributed by atoms with Gasteiger partial charge < -0.3 is 4.90 Å². The van der Waals surface area contributed by atoms with E-state index in [1.807, 2.05) is 13.0 Å². The molecule has 3 aromatic rings. The van der Waals surface area contributed by atoms with Crippen molar-refractivity contribution in [1.29, 1.82) is 0 Å². The average Bonchev–Trinajstić information content (AvgIpc) is 2.92. The van der Waals surface area contributed by atoms with Crippen molar-refractivity contribution in [3.05, 3.63) is 77.4 Å². The van der Waals surface area contributed by atoms with Crippen LogP contribution in [0.15, 0.2) is 48.9 Å². The molecule has 0 aliphatic carbocycles. The molecule has 26 heavy (non-hydrogen) atoms. The molecule has 1 aliphatic rings. The molecule has 6 heteroatoms. The number of anilines is 1. The Morgan fingerprint density at radius 3 is 2.81 bits per heavy atom. The van der Waals surface area contributed by atoms with Crippen molar-refractivity contribution < 1.29 is 13.6 Å². The van der Waals surface area contributed by atoms with Gasteiger partial charge in [-0.15, -0.1) is 0 Å². The molecule has 0 N–H and O–H groups in total. The largest absolute Gasteiger partial charge is 0.306 e. The molecule has 130 valence electrons. The van der Waals surface area contributed by atoms with Crippen LogP contribution in [0.25, 0.3) is 11.1 Å². The molecule has 3 heterocycles. The third-order valence-corrected chi connectivity index (χ3v) is 4.39. The van der Waals surface area contributed by atoms with Gasteiger partial charge in [-0.1, -0.05) is 18.2 Å². The van der Waals surface area contributed by atoms with Crippen molar-refractivity contribution >= 4 is 11.6 Å². The highest BCUT2D eigenvalue weighted by Crippen LogP contribution is 2.34. The highest BCUT2D eigenvalue weighted by atomic mass is 19.2. The summed E-state index contributed by atoms with van der Waals surface area (Å²) in [5, 5.41) is 0. The van der Waals surface area contributed by atoms with Gasteiger partial charge in [0.2, 0.25) is 5.91 Å². The van der Waals surface area contributed by atoms with Crippen LogP contribution in [0.3, 0.4) is 0 Å². The smallest absolute Gasteiger partial charge is 0.233 e. The van der Waals surface area contributed by atoms with Crippen molar-refractivity contribution in [1.82, 2.24) is 9.97 Å². The Morgan fingerprint density at radius 1 is 1.15 bits per heavy atom. The number of rotatable bonds is 3. The van der Waals surface area contributed by atoms with Gasteiger partial charge in [0.05, 0.1) is 24.3 Å². The fourth-order valence-electron chi connectivity index (χ4n) is 3.16. The van der Waals surface area contributed by atoms with Crippen molar-refractivity contribution in [2.75, 3.05) is 4.90 Å². The summed E-state index contributed by atoms with van der Waals surface area (Å²) in [6, 6.07) is 7.66. The van der Waals surface area contributed by atoms with Crippen molar-refractivity contribution in [2.45, 2.75) is 19.9 Å². The maximum Gasteiger partial charge on any atom is 0.233 e. The molecule has 4 rings (SSSR count). The van der Waals surface area contributed by atoms with E-state index in [9.17, 15) is 13.6 Å². The Balaban J connectivity index is 1.74. The Hall–Kier alpha value is -3.15. The zero-order chi connectivity index (χ0) is 18.3. The number of halogens is 2. The second-order valence-electron chi connectivity index (χ2n) is 6.32. The zero-order valence-electron chi connectivity index (χ0n) is 14.0. The first-order chi connectivity index (χ1) is 12.5. The number of fused-ring (bicyclic) bond motifs is 1. The van der Waals surface area contributed by atoms with Gasteiger partial charge >= 0.3 is 0 Å². The standard InChI is InChI=1S/C20H15F2N3O/c1-12-5-13(9-23-8-12)11-25-18-6-14(10-24-17(18)7-19(25)26)15-3-2-4-16(21)20(15)22/h2-6,8-10H,7,11H2,1H3. The fraction of sp³-hybridized carbons (Fsp3) is 0.150. The molecule has 0 spiro atoms. The van der Waals surface area contributed by atoms with Gasteiger partial charge in [-0.3, -0.25) is 14.8 Å². The summed E-state index contributed by atoms with van der Waals surface area (Å²) in [6.45, 7) is 2.29. The van der Waals surface area contributed by atoms with Crippen LogP contribution in [-0.4, -0.2) is 15.9 Å². The molecule has 2 aromatic heterocycles. The summed E-state index contributed by atoms with van der Waals surface area (Å²) in [5.74, 6) is -1.92. The molecule has 0 atom stereocenters. The number of carbonyl (C=O) groups excluding carboxylic acids is 1. The summed E-state index contributed by atoms with van der Waals surface area (Å²) in [6.07, 6.45) is 5.12. The molecule has 1 aliphatic heterocycles. The number of amides is 1. The van der Waals surface area contributed by atoms with Gasteiger partial charge in [-0.2, -0.15) is 0 Å². The number of nitrogens with zero attached hydrogens (tertiary/aromatic N) is 3. The van der Waals surface area contributed by atoms with Crippen LogP contribution in [0.4, 0.5) is 14.5 Å². The van der Waals surface area contributed by atoms with E-state index in [4.69, 9.17) is 0 Å². The fourth-order valence-corrected chi connectivity index (χ4v) is 3.16. The Labute approximate surface area is 149 Å². The lowest BCUT2D eigenvalue weighted by molar-refractivity contribution is -0.117. The molecular weight excluding hydrogens is 336 g/mol. The first kappa shape index (κ1) is 16.3. The predicted molar refractivity (Wildman–Crippen MR) is 93.5 cm³/mol. The van der Waals surface area contributed by atoms with E-state index < -0.39 is 11.6 Å². The van der Waals surface area contributed by atoms with Crippen molar-refractivity contribution in [3.8, 4) is 11.1 Å². The van der Waals surface area contributed by atoms with Gasteiger partial charge in [-0.05, 0) is 30.2 Å². The minimum Gasteiger partial charge on any atom is -0.306 e. The van der Waals surface area contributed by atoms with E-state index in [1.54, 1.807) is 23.4 Å². The quantitative estimate of drug-likeness (QED) is 0.721. The molecule has 0 radical (unpaired) electrons. The molecule has 0 fully saturated rings. The van der Waals surface area contributed by atoms with Gasteiger partial charge in [0, 0.05) is 29.7 Å². The van der Waals surface area contributed by atoms with E-state index in [0.717, 1.165) is 17.2 Å². The number of carbonyl (C=O) groups is 1. The van der Waals surface area contributed by atoms with E-state index >= 15 is 0 Å². The molecule has 0 saturated heterocycles. The first-order valence-corrected chi connectivity index (χ1v) is 8.17. The van der Waals surface area contributed by atoms with Crippen LogP contribution in [0, 0.1) is 18.6 Å². The molecule has 4 nitrogen and oxygen atoms in total. The molecule has 0 unspecified atom stereocenters. The van der Waals surface area contributed by atoms with E-state index in [2.05, 4.69) is 9.97 Å². The highest BCUT2D eigenvalue weighted by molar-refractivity contribution is 6.01. The van der Waals surface area contributed by atoms with Crippen molar-refractivity contribution in [3.63, 3.8) is 0 Å². The van der Waals surface area contributed by atoms with Crippen LogP contribution in [0.5, 0.6) is 0 Å². The summed E-state index contributed by atoms with van der Waals surface area (Å²) >= 11 is 0. The summed E-state index contributed by atoms with van der Waals surface area (Å²) in [7, 11) is 0. The summed E-state index contributed by atoms with van der Waals surface area (Å²) < 4.78 is 27.6. The maximum atomic E-state index is 14.1. The second-order valence-corrected chi connectivity index (χ2v) is 6.32. The van der Waals surface area contributed by atoms with Gasteiger partial charge in [0.1, 0.15) is 0 Å². The number of hydrogen-bond acceptors (Lipinski definition) is 3. The number of benzene rings is 1. The second kappa shape index (κ2) is 6.29. The minimum absolute atomic E-state index is 0.0779. The van der Waals surface area contributed by atoms with Crippen LogP contribution < -0.4 is 4.90 Å². The summed E-state index contributed by atoms with van der Waals surface area (Å²) in [4.78, 5) is 22.5. The van der Waals surface area contributed by atoms with Crippen LogP contribution in [0.2, 0.25) is 0 Å². The zero-order valence-corrected chi connectivity index (χ0v) is 14.0. The lowest BCUT2D eigenvalue weighted by atomic mass is 10.1. The summed E-state index contributed by atoms with van der Waals surface area (Å²) in [5.41, 5.74) is 3.71. The van der Waals surface area contributed by atoms with Gasteiger partial charge in [-0.25, -0.2) is 8.78 Å². The molecule has 0 saturated carbocycles. The maximum absolute atomic E-state index is 14.1. The molecule has 1 amide bonds. The van der Waals surface area contributed by atoms with Crippen molar-refractivity contribution in [2.24, 2.45) is 0 Å². The Kier molecular flexibility index (Phi) is 3.95. The first-order valence-electron chi connectivity index (χ1n) is 8.17. The van der Waals surface area contributed by atoms with Gasteiger partial charge in [0.25, 0.3) is 0 Å². The number of hydrogen-bond donors (Lipinski definition) is 0. The molecule has 0 bridgehead atoms. The Bertz CT molecular complexity index is 1020. The topological polar surface area (TPSA) is 46.1 Å². The normalized spacial score (nSPS) is 13.2.